The number of ether oxygens (including phenoxy) is 1. The summed E-state index contributed by atoms with van der Waals surface area (Å²) in [4.78, 5) is 12.0. The lowest BCUT2D eigenvalue weighted by Crippen LogP contribution is -2.05. The van der Waals surface area contributed by atoms with Crippen molar-refractivity contribution in [3.05, 3.63) is 64.4 Å². The summed E-state index contributed by atoms with van der Waals surface area (Å²) < 4.78 is 18.7. The van der Waals surface area contributed by atoms with E-state index in [0.29, 0.717) is 16.9 Å². The molecule has 2 aromatic carbocycles. The molecule has 0 amide bonds. The van der Waals surface area contributed by atoms with Crippen LogP contribution in [0.1, 0.15) is 15.9 Å². The van der Waals surface area contributed by atoms with Gasteiger partial charge in [-0.25, -0.2) is 4.39 Å². The maximum atomic E-state index is 13.7. The molecule has 0 N–H and O–H groups in total. The average molecular weight is 279 g/mol. The van der Waals surface area contributed by atoms with Gasteiger partial charge in [0.15, 0.2) is 5.78 Å². The Morgan fingerprint density at radius 3 is 2.53 bits per heavy atom. The third-order valence-corrected chi connectivity index (χ3v) is 3.09. The summed E-state index contributed by atoms with van der Waals surface area (Å²) in [6.45, 7) is 0. The smallest absolute Gasteiger partial charge is 0.167 e. The van der Waals surface area contributed by atoms with Crippen LogP contribution in [0.3, 0.4) is 0 Å². The van der Waals surface area contributed by atoms with Crippen LogP contribution >= 0.6 is 11.6 Å². The fraction of sp³-hybridized carbons (Fsp3) is 0.133. The zero-order valence-corrected chi connectivity index (χ0v) is 11.1. The lowest BCUT2D eigenvalue weighted by Gasteiger charge is -2.05. The van der Waals surface area contributed by atoms with Crippen LogP contribution in [-0.4, -0.2) is 12.9 Å². The van der Waals surface area contributed by atoms with Gasteiger partial charge in [0, 0.05) is 12.0 Å². The highest BCUT2D eigenvalue weighted by Crippen LogP contribution is 2.20. The first-order chi connectivity index (χ1) is 9.11. The van der Waals surface area contributed by atoms with Crippen LogP contribution in [0.5, 0.6) is 5.75 Å². The van der Waals surface area contributed by atoms with Gasteiger partial charge in [-0.1, -0.05) is 23.7 Å². The lowest BCUT2D eigenvalue weighted by atomic mass is 10.0. The summed E-state index contributed by atoms with van der Waals surface area (Å²) in [6.07, 6.45) is -0.0152. The van der Waals surface area contributed by atoms with Crippen LogP contribution in [0, 0.1) is 5.82 Å². The van der Waals surface area contributed by atoms with Gasteiger partial charge in [0.25, 0.3) is 0 Å². The number of ketones is 1. The molecule has 0 saturated carbocycles. The minimum Gasteiger partial charge on any atom is -0.497 e. The molecular formula is C15H12ClFO2. The number of carbonyl (C=O) groups excluding carboxylic acids is 1. The average Bonchev–Trinajstić information content (AvgIpc) is 2.44. The highest BCUT2D eigenvalue weighted by Gasteiger charge is 2.12. The highest BCUT2D eigenvalue weighted by atomic mass is 35.5. The number of carbonyl (C=O) groups is 1. The van der Waals surface area contributed by atoms with Crippen molar-refractivity contribution < 1.29 is 13.9 Å². The Hall–Kier alpha value is -1.87. The number of Topliss-reactive ketones (excluding diaryl/α,β-unsaturated/α-hetero) is 1. The summed E-state index contributed by atoms with van der Waals surface area (Å²) in [6, 6.07) is 11.3. The second-order valence-corrected chi connectivity index (χ2v) is 4.45. The molecule has 2 nitrogen and oxygen atoms in total. The fourth-order valence-corrected chi connectivity index (χ4v) is 1.93. The molecule has 0 saturated heterocycles. The van der Waals surface area contributed by atoms with Crippen molar-refractivity contribution in [1.29, 1.82) is 0 Å². The van der Waals surface area contributed by atoms with Gasteiger partial charge in [0.1, 0.15) is 11.6 Å². The molecule has 0 aliphatic heterocycles. The van der Waals surface area contributed by atoms with Crippen molar-refractivity contribution in [2.24, 2.45) is 0 Å². The SMILES string of the molecule is COc1ccc(C(=O)Cc2cccc(Cl)c2F)cc1. The standard InChI is InChI=1S/C15H12ClFO2/c1-19-12-7-5-10(6-8-12)14(18)9-11-3-2-4-13(16)15(11)17/h2-8H,9H2,1H3. The van der Waals surface area contributed by atoms with Gasteiger partial charge in [-0.05, 0) is 35.9 Å². The van der Waals surface area contributed by atoms with E-state index in [1.165, 1.54) is 6.07 Å². The Morgan fingerprint density at radius 1 is 1.21 bits per heavy atom. The molecule has 0 unspecified atom stereocenters. The lowest BCUT2D eigenvalue weighted by molar-refractivity contribution is 0.0992. The zero-order valence-electron chi connectivity index (χ0n) is 10.3. The summed E-state index contributed by atoms with van der Waals surface area (Å²) in [5, 5.41) is 0.0278. The monoisotopic (exact) mass is 278 g/mol. The topological polar surface area (TPSA) is 26.3 Å². The summed E-state index contributed by atoms with van der Waals surface area (Å²) in [5.41, 5.74) is 0.813. The van der Waals surface area contributed by atoms with Crippen LogP contribution in [0.25, 0.3) is 0 Å². The normalized spacial score (nSPS) is 10.3. The van der Waals surface area contributed by atoms with E-state index in [1.54, 1.807) is 43.5 Å². The van der Waals surface area contributed by atoms with E-state index in [1.807, 2.05) is 0 Å². The molecule has 4 heteroatoms. The van der Waals surface area contributed by atoms with Gasteiger partial charge in [-0.2, -0.15) is 0 Å². The van der Waals surface area contributed by atoms with Crippen molar-refractivity contribution in [3.8, 4) is 5.75 Å². The second-order valence-electron chi connectivity index (χ2n) is 4.04. The maximum absolute atomic E-state index is 13.7. The van der Waals surface area contributed by atoms with E-state index in [4.69, 9.17) is 16.3 Å². The van der Waals surface area contributed by atoms with E-state index in [-0.39, 0.29) is 17.2 Å². The molecule has 0 aliphatic rings. The summed E-state index contributed by atoms with van der Waals surface area (Å²) >= 11 is 5.68. The maximum Gasteiger partial charge on any atom is 0.167 e. The van der Waals surface area contributed by atoms with E-state index < -0.39 is 5.82 Å². The molecule has 2 rings (SSSR count). The molecular weight excluding hydrogens is 267 g/mol. The minimum atomic E-state index is -0.536. The Kier molecular flexibility index (Phi) is 4.17. The molecule has 0 bridgehead atoms. The fourth-order valence-electron chi connectivity index (χ4n) is 1.74. The molecule has 0 fully saturated rings. The van der Waals surface area contributed by atoms with Crippen molar-refractivity contribution in [1.82, 2.24) is 0 Å². The largest absolute Gasteiger partial charge is 0.497 e. The molecule has 0 heterocycles. The van der Waals surface area contributed by atoms with Crippen LogP contribution in [0.2, 0.25) is 5.02 Å². The quantitative estimate of drug-likeness (QED) is 0.793. The predicted molar refractivity (Wildman–Crippen MR) is 72.4 cm³/mol. The second kappa shape index (κ2) is 5.85. The first-order valence-electron chi connectivity index (χ1n) is 5.72. The summed E-state index contributed by atoms with van der Waals surface area (Å²) in [5.74, 6) is -0.0275. The van der Waals surface area contributed by atoms with E-state index in [2.05, 4.69) is 0 Å². The molecule has 0 radical (unpaired) electrons. The van der Waals surface area contributed by atoms with Crippen molar-refractivity contribution in [2.75, 3.05) is 7.11 Å². The van der Waals surface area contributed by atoms with Crippen molar-refractivity contribution in [3.63, 3.8) is 0 Å². The van der Waals surface area contributed by atoms with Crippen LogP contribution < -0.4 is 4.74 Å². The van der Waals surface area contributed by atoms with Gasteiger partial charge in [-0.3, -0.25) is 4.79 Å². The van der Waals surface area contributed by atoms with Gasteiger partial charge in [0.2, 0.25) is 0 Å². The van der Waals surface area contributed by atoms with E-state index >= 15 is 0 Å². The molecule has 19 heavy (non-hydrogen) atoms. The first kappa shape index (κ1) is 13.6. The van der Waals surface area contributed by atoms with Crippen LogP contribution in [-0.2, 0) is 6.42 Å². The number of hydrogen-bond donors (Lipinski definition) is 0. The highest BCUT2D eigenvalue weighted by molar-refractivity contribution is 6.30. The molecule has 0 aliphatic carbocycles. The third kappa shape index (κ3) is 3.12. The number of halogens is 2. The molecule has 0 aromatic heterocycles. The van der Waals surface area contributed by atoms with Crippen molar-refractivity contribution in [2.45, 2.75) is 6.42 Å². The minimum absolute atomic E-state index is 0.0152. The molecule has 2 aromatic rings. The zero-order chi connectivity index (χ0) is 13.8. The molecule has 98 valence electrons. The van der Waals surface area contributed by atoms with Gasteiger partial charge < -0.3 is 4.74 Å². The van der Waals surface area contributed by atoms with E-state index in [0.717, 1.165) is 0 Å². The Morgan fingerprint density at radius 2 is 1.89 bits per heavy atom. The van der Waals surface area contributed by atoms with Crippen molar-refractivity contribution >= 4 is 17.4 Å². The van der Waals surface area contributed by atoms with Gasteiger partial charge >= 0.3 is 0 Å². The predicted octanol–water partition coefficient (Wildman–Crippen LogP) is 3.91. The van der Waals surface area contributed by atoms with E-state index in [9.17, 15) is 9.18 Å². The number of benzene rings is 2. The number of methoxy groups -OCH3 is 1. The van der Waals surface area contributed by atoms with Gasteiger partial charge in [0.05, 0.1) is 12.1 Å². The Balaban J connectivity index is 2.18. The van der Waals surface area contributed by atoms with Gasteiger partial charge in [-0.15, -0.1) is 0 Å². The Bertz CT molecular complexity index is 594. The molecule has 0 spiro atoms. The third-order valence-electron chi connectivity index (χ3n) is 2.79. The number of hydrogen-bond acceptors (Lipinski definition) is 2. The van der Waals surface area contributed by atoms with Crippen LogP contribution in [0.15, 0.2) is 42.5 Å². The van der Waals surface area contributed by atoms with Crippen LogP contribution in [0.4, 0.5) is 4.39 Å². The molecule has 0 atom stereocenters. The Labute approximate surface area is 115 Å². The first-order valence-corrected chi connectivity index (χ1v) is 6.09. The summed E-state index contributed by atoms with van der Waals surface area (Å²) in [7, 11) is 1.55. The number of rotatable bonds is 4.